The fourth-order valence-corrected chi connectivity index (χ4v) is 3.36. The summed E-state index contributed by atoms with van der Waals surface area (Å²) in [4.78, 5) is 15.4. The molecule has 2 rings (SSSR count). The maximum Gasteiger partial charge on any atom is 0.306 e. The molecule has 1 aliphatic carbocycles. The van der Waals surface area contributed by atoms with Crippen LogP contribution in [0.1, 0.15) is 31.2 Å². The Morgan fingerprint density at radius 3 is 2.33 bits per heavy atom. The summed E-state index contributed by atoms with van der Waals surface area (Å²) in [5, 5.41) is 9.16. The van der Waals surface area contributed by atoms with Gasteiger partial charge >= 0.3 is 5.97 Å². The van der Waals surface area contributed by atoms with E-state index in [-0.39, 0.29) is 17.3 Å². The number of guanidine groups is 1. The van der Waals surface area contributed by atoms with E-state index < -0.39 is 5.97 Å². The highest BCUT2D eigenvalue weighted by Gasteiger charge is 2.38. The van der Waals surface area contributed by atoms with E-state index in [0.29, 0.717) is 19.4 Å². The highest BCUT2D eigenvalue weighted by atomic mass is 127. The number of hydrogen-bond acceptors (Lipinski definition) is 2. The van der Waals surface area contributed by atoms with Gasteiger partial charge in [0.05, 0.1) is 12.5 Å². The molecule has 6 heteroatoms. The molecule has 0 saturated heterocycles. The van der Waals surface area contributed by atoms with Crippen LogP contribution >= 0.6 is 22.6 Å². The van der Waals surface area contributed by atoms with Gasteiger partial charge in [0.25, 0.3) is 0 Å². The summed E-state index contributed by atoms with van der Waals surface area (Å²) in [6.45, 7) is 0.516. The Labute approximate surface area is 138 Å². The third kappa shape index (κ3) is 3.87. The SMILES string of the molecule is NC(N)=NCC1(c2ccc(I)cc2)CCC(C(=O)O)CC1. The maximum absolute atomic E-state index is 11.1. The van der Waals surface area contributed by atoms with Gasteiger partial charge in [0.15, 0.2) is 5.96 Å². The molecule has 0 atom stereocenters. The zero-order valence-corrected chi connectivity index (χ0v) is 13.9. The maximum atomic E-state index is 11.1. The zero-order valence-electron chi connectivity index (χ0n) is 11.8. The molecule has 0 amide bonds. The number of nitrogens with two attached hydrogens (primary N) is 2. The molecule has 1 aromatic rings. The Balaban J connectivity index is 2.26. The van der Waals surface area contributed by atoms with E-state index in [1.54, 1.807) is 0 Å². The van der Waals surface area contributed by atoms with Crippen LogP contribution < -0.4 is 11.5 Å². The minimum absolute atomic E-state index is 0.0836. The lowest BCUT2D eigenvalue weighted by molar-refractivity contribution is -0.143. The Bertz CT molecular complexity index is 530. The first-order valence-electron chi connectivity index (χ1n) is 6.97. The normalized spacial score (nSPS) is 25.3. The Hall–Kier alpha value is -1.31. The minimum atomic E-state index is -0.701. The van der Waals surface area contributed by atoms with Gasteiger partial charge in [0, 0.05) is 8.99 Å². The van der Waals surface area contributed by atoms with Crippen LogP contribution in [0.3, 0.4) is 0 Å². The van der Waals surface area contributed by atoms with Gasteiger partial charge in [0.2, 0.25) is 0 Å². The summed E-state index contributed by atoms with van der Waals surface area (Å²) < 4.78 is 1.17. The van der Waals surface area contributed by atoms with E-state index in [1.165, 1.54) is 9.13 Å². The van der Waals surface area contributed by atoms with Crippen LogP contribution in [0, 0.1) is 9.49 Å². The van der Waals surface area contributed by atoms with Gasteiger partial charge in [-0.3, -0.25) is 9.79 Å². The fourth-order valence-electron chi connectivity index (χ4n) is 3.00. The highest BCUT2D eigenvalue weighted by molar-refractivity contribution is 14.1. The molecule has 5 nitrogen and oxygen atoms in total. The van der Waals surface area contributed by atoms with Crippen LogP contribution in [0.2, 0.25) is 0 Å². The second-order valence-electron chi connectivity index (χ2n) is 5.64. The molecule has 1 fully saturated rings. The lowest BCUT2D eigenvalue weighted by atomic mass is 9.66. The van der Waals surface area contributed by atoms with Crippen molar-refractivity contribution in [1.29, 1.82) is 0 Å². The lowest BCUT2D eigenvalue weighted by Gasteiger charge is -2.38. The second kappa shape index (κ2) is 6.64. The lowest BCUT2D eigenvalue weighted by Crippen LogP contribution is -2.38. The molecular formula is C15H20IN3O2. The third-order valence-corrected chi connectivity index (χ3v) is 5.03. The number of aliphatic imine (C=N–C) groups is 1. The molecule has 0 spiro atoms. The predicted molar refractivity (Wildman–Crippen MR) is 91.1 cm³/mol. The van der Waals surface area contributed by atoms with Crippen molar-refractivity contribution in [3.05, 3.63) is 33.4 Å². The number of nitrogens with zero attached hydrogens (tertiary/aromatic N) is 1. The smallest absolute Gasteiger partial charge is 0.306 e. The van der Waals surface area contributed by atoms with Crippen LogP contribution in [0.4, 0.5) is 0 Å². The summed E-state index contributed by atoms with van der Waals surface area (Å²) in [7, 11) is 0. The average molecular weight is 401 g/mol. The van der Waals surface area contributed by atoms with E-state index in [9.17, 15) is 4.79 Å². The van der Waals surface area contributed by atoms with Crippen LogP contribution in [0.15, 0.2) is 29.3 Å². The average Bonchev–Trinajstić information content (AvgIpc) is 2.46. The molecule has 0 aliphatic heterocycles. The number of aliphatic carboxylic acids is 1. The number of carboxylic acid groups (broad SMARTS) is 1. The number of benzene rings is 1. The first-order valence-corrected chi connectivity index (χ1v) is 8.05. The fraction of sp³-hybridized carbons (Fsp3) is 0.467. The minimum Gasteiger partial charge on any atom is -0.481 e. The van der Waals surface area contributed by atoms with Gasteiger partial charge in [-0.15, -0.1) is 0 Å². The Morgan fingerprint density at radius 2 is 1.86 bits per heavy atom. The largest absolute Gasteiger partial charge is 0.481 e. The summed E-state index contributed by atoms with van der Waals surface area (Å²) in [6, 6.07) is 8.34. The van der Waals surface area contributed by atoms with Crippen molar-refractivity contribution in [3.63, 3.8) is 0 Å². The monoisotopic (exact) mass is 401 g/mol. The molecule has 0 heterocycles. The summed E-state index contributed by atoms with van der Waals surface area (Å²) in [5.41, 5.74) is 12.0. The third-order valence-electron chi connectivity index (χ3n) is 4.31. The predicted octanol–water partition coefficient (Wildman–Crippen LogP) is 2.08. The summed E-state index contributed by atoms with van der Waals surface area (Å²) in [5.74, 6) is -0.866. The first-order chi connectivity index (χ1) is 9.93. The molecule has 0 radical (unpaired) electrons. The molecular weight excluding hydrogens is 381 g/mol. The van der Waals surface area contributed by atoms with E-state index in [0.717, 1.165) is 12.8 Å². The Morgan fingerprint density at radius 1 is 1.29 bits per heavy atom. The van der Waals surface area contributed by atoms with Gasteiger partial charge < -0.3 is 16.6 Å². The molecule has 0 unspecified atom stereocenters. The number of carbonyl (C=O) groups is 1. The van der Waals surface area contributed by atoms with Crippen LogP contribution in [0.25, 0.3) is 0 Å². The van der Waals surface area contributed by atoms with Gasteiger partial charge in [0.1, 0.15) is 0 Å². The molecule has 1 saturated carbocycles. The molecule has 1 aliphatic rings. The number of halogens is 1. The number of rotatable bonds is 4. The zero-order chi connectivity index (χ0) is 15.5. The molecule has 1 aromatic carbocycles. The summed E-state index contributed by atoms with van der Waals surface area (Å²) >= 11 is 2.27. The molecule has 0 aromatic heterocycles. The quantitative estimate of drug-likeness (QED) is 0.409. The van der Waals surface area contributed by atoms with Crippen molar-refractivity contribution in [1.82, 2.24) is 0 Å². The van der Waals surface area contributed by atoms with Crippen LogP contribution in [0.5, 0.6) is 0 Å². The summed E-state index contributed by atoms with van der Waals surface area (Å²) in [6.07, 6.45) is 2.92. The van der Waals surface area contributed by atoms with Crippen molar-refractivity contribution in [2.24, 2.45) is 22.4 Å². The highest BCUT2D eigenvalue weighted by Crippen LogP contribution is 2.42. The number of hydrogen-bond donors (Lipinski definition) is 3. The molecule has 5 N–H and O–H groups in total. The van der Waals surface area contributed by atoms with Gasteiger partial charge in [-0.2, -0.15) is 0 Å². The topological polar surface area (TPSA) is 102 Å². The van der Waals surface area contributed by atoms with E-state index in [1.807, 2.05) is 0 Å². The molecule has 21 heavy (non-hydrogen) atoms. The Kier molecular flexibility index (Phi) is 5.08. The van der Waals surface area contributed by atoms with Gasteiger partial charge in [-0.25, -0.2) is 0 Å². The second-order valence-corrected chi connectivity index (χ2v) is 6.89. The van der Waals surface area contributed by atoms with E-state index >= 15 is 0 Å². The molecule has 114 valence electrons. The van der Waals surface area contributed by atoms with Crippen molar-refractivity contribution in [2.45, 2.75) is 31.1 Å². The first kappa shape index (κ1) is 16.1. The van der Waals surface area contributed by atoms with Crippen molar-refractivity contribution in [3.8, 4) is 0 Å². The molecule has 0 bridgehead atoms. The standard InChI is InChI=1S/C15H20IN3O2/c16-12-3-1-11(2-4-12)15(9-19-14(17)18)7-5-10(6-8-15)13(20)21/h1-4,10H,5-9H2,(H,20,21)(H4,17,18,19). The van der Waals surface area contributed by atoms with Crippen molar-refractivity contribution < 1.29 is 9.90 Å². The van der Waals surface area contributed by atoms with Crippen LogP contribution in [-0.2, 0) is 10.2 Å². The van der Waals surface area contributed by atoms with E-state index in [4.69, 9.17) is 16.6 Å². The van der Waals surface area contributed by atoms with E-state index in [2.05, 4.69) is 51.8 Å². The van der Waals surface area contributed by atoms with Crippen LogP contribution in [-0.4, -0.2) is 23.6 Å². The van der Waals surface area contributed by atoms with Gasteiger partial charge in [-0.1, -0.05) is 12.1 Å². The van der Waals surface area contributed by atoms with Crippen molar-refractivity contribution in [2.75, 3.05) is 6.54 Å². The van der Waals surface area contributed by atoms with Crippen molar-refractivity contribution >= 4 is 34.5 Å². The number of carboxylic acids is 1. The van der Waals surface area contributed by atoms with Gasteiger partial charge in [-0.05, 0) is 66.0 Å².